The molecule has 122 valence electrons. The summed E-state index contributed by atoms with van der Waals surface area (Å²) in [5.41, 5.74) is 2.00. The fourth-order valence-electron chi connectivity index (χ4n) is 2.96. The Balaban J connectivity index is 1.58. The Morgan fingerprint density at radius 1 is 1.33 bits per heavy atom. The highest BCUT2D eigenvalue weighted by molar-refractivity contribution is 5.94. The first-order valence-corrected chi connectivity index (χ1v) is 7.65. The molecular formula is C17H15FN4O2. The van der Waals surface area contributed by atoms with Gasteiger partial charge in [-0.25, -0.2) is 9.37 Å². The third kappa shape index (κ3) is 2.63. The van der Waals surface area contributed by atoms with E-state index < -0.39 is 0 Å². The molecule has 0 spiro atoms. The maximum atomic E-state index is 13.4. The summed E-state index contributed by atoms with van der Waals surface area (Å²) in [5, 5.41) is 2.91. The van der Waals surface area contributed by atoms with Gasteiger partial charge >= 0.3 is 0 Å². The molecule has 0 unspecified atom stereocenters. The fraction of sp³-hybridized carbons (Fsp3) is 0.235. The van der Waals surface area contributed by atoms with Crippen LogP contribution in [-0.2, 0) is 11.3 Å². The van der Waals surface area contributed by atoms with Crippen LogP contribution in [0.5, 0.6) is 0 Å². The van der Waals surface area contributed by atoms with E-state index in [0.29, 0.717) is 30.8 Å². The van der Waals surface area contributed by atoms with Crippen LogP contribution in [0.3, 0.4) is 0 Å². The molecule has 1 N–H and O–H groups in total. The average Bonchev–Trinajstić information content (AvgIpc) is 2.98. The van der Waals surface area contributed by atoms with E-state index in [4.69, 9.17) is 4.74 Å². The van der Waals surface area contributed by atoms with Crippen LogP contribution in [0.15, 0.2) is 42.7 Å². The first kappa shape index (κ1) is 14.8. The third-order valence-electron chi connectivity index (χ3n) is 4.07. The second kappa shape index (κ2) is 6.01. The molecule has 6 nitrogen and oxygen atoms in total. The van der Waals surface area contributed by atoms with Gasteiger partial charge in [0.25, 0.3) is 5.91 Å². The number of carbonyl (C=O) groups is 1. The zero-order valence-electron chi connectivity index (χ0n) is 12.8. The summed E-state index contributed by atoms with van der Waals surface area (Å²) < 4.78 is 21.0. The molecule has 1 aromatic carbocycles. The van der Waals surface area contributed by atoms with Gasteiger partial charge in [-0.15, -0.1) is 0 Å². The number of rotatable bonds is 3. The van der Waals surface area contributed by atoms with Crippen LogP contribution in [0.25, 0.3) is 11.0 Å². The Morgan fingerprint density at radius 2 is 2.17 bits per heavy atom. The van der Waals surface area contributed by atoms with Gasteiger partial charge in [-0.1, -0.05) is 0 Å². The molecule has 7 heteroatoms. The Bertz CT molecular complexity index is 894. The SMILES string of the molecule is O=C(NC[C@H]1COCc2nc3cc(F)ccc3n21)c1ccncc1. The van der Waals surface area contributed by atoms with Crippen molar-refractivity contribution in [3.63, 3.8) is 0 Å². The van der Waals surface area contributed by atoms with Crippen LogP contribution in [0.2, 0.25) is 0 Å². The van der Waals surface area contributed by atoms with Gasteiger partial charge in [0.05, 0.1) is 23.7 Å². The van der Waals surface area contributed by atoms with E-state index in [1.807, 2.05) is 4.57 Å². The van der Waals surface area contributed by atoms with E-state index in [1.54, 1.807) is 30.6 Å². The lowest BCUT2D eigenvalue weighted by Crippen LogP contribution is -2.35. The number of benzene rings is 1. The zero-order valence-corrected chi connectivity index (χ0v) is 12.8. The standard InChI is InChI=1S/C17H15FN4O2/c18-12-1-2-15-14(7-12)21-16-10-24-9-13(22(15)16)8-20-17(23)11-3-5-19-6-4-11/h1-7,13H,8-10H2,(H,20,23)/t13-/m0/s1. The summed E-state index contributed by atoms with van der Waals surface area (Å²) in [6.45, 7) is 1.24. The molecule has 0 radical (unpaired) electrons. The van der Waals surface area contributed by atoms with Crippen molar-refractivity contribution in [2.24, 2.45) is 0 Å². The number of nitrogens with one attached hydrogen (secondary N) is 1. The van der Waals surface area contributed by atoms with Crippen molar-refractivity contribution in [3.05, 3.63) is 59.9 Å². The van der Waals surface area contributed by atoms with Crippen molar-refractivity contribution in [2.75, 3.05) is 13.2 Å². The maximum Gasteiger partial charge on any atom is 0.251 e. The molecule has 1 aliphatic heterocycles. The van der Waals surface area contributed by atoms with E-state index in [-0.39, 0.29) is 17.8 Å². The molecule has 4 rings (SSSR count). The third-order valence-corrected chi connectivity index (χ3v) is 4.07. The van der Waals surface area contributed by atoms with Gasteiger partial charge in [0.2, 0.25) is 0 Å². The van der Waals surface area contributed by atoms with Gasteiger partial charge in [0, 0.05) is 30.6 Å². The first-order chi connectivity index (χ1) is 11.7. The van der Waals surface area contributed by atoms with E-state index in [2.05, 4.69) is 15.3 Å². The van der Waals surface area contributed by atoms with Crippen molar-refractivity contribution in [1.29, 1.82) is 0 Å². The highest BCUT2D eigenvalue weighted by Gasteiger charge is 2.24. The summed E-state index contributed by atoms with van der Waals surface area (Å²) >= 11 is 0. The number of halogens is 1. The number of ether oxygens (including phenoxy) is 1. The molecule has 2 aromatic heterocycles. The van der Waals surface area contributed by atoms with Crippen LogP contribution >= 0.6 is 0 Å². The van der Waals surface area contributed by atoms with Crippen molar-refractivity contribution in [3.8, 4) is 0 Å². The second-order valence-electron chi connectivity index (χ2n) is 5.65. The van der Waals surface area contributed by atoms with Gasteiger partial charge in [0.1, 0.15) is 18.2 Å². The molecule has 1 aliphatic rings. The predicted molar refractivity (Wildman–Crippen MR) is 85.0 cm³/mol. The van der Waals surface area contributed by atoms with E-state index >= 15 is 0 Å². The number of hydrogen-bond donors (Lipinski definition) is 1. The fourth-order valence-corrected chi connectivity index (χ4v) is 2.96. The van der Waals surface area contributed by atoms with Gasteiger partial charge in [-0.3, -0.25) is 9.78 Å². The van der Waals surface area contributed by atoms with Crippen molar-refractivity contribution < 1.29 is 13.9 Å². The van der Waals surface area contributed by atoms with Crippen LogP contribution in [-0.4, -0.2) is 33.6 Å². The Kier molecular flexibility index (Phi) is 3.70. The zero-order chi connectivity index (χ0) is 16.5. The Labute approximate surface area is 137 Å². The van der Waals surface area contributed by atoms with E-state index in [9.17, 15) is 9.18 Å². The maximum absolute atomic E-state index is 13.4. The van der Waals surface area contributed by atoms with Crippen molar-refractivity contribution in [1.82, 2.24) is 19.9 Å². The lowest BCUT2D eigenvalue weighted by atomic mass is 10.2. The summed E-state index contributed by atoms with van der Waals surface area (Å²) in [4.78, 5) is 20.5. The molecule has 1 amide bonds. The Morgan fingerprint density at radius 3 is 3.00 bits per heavy atom. The van der Waals surface area contributed by atoms with Gasteiger partial charge < -0.3 is 14.6 Å². The van der Waals surface area contributed by atoms with Gasteiger partial charge in [0.15, 0.2) is 0 Å². The predicted octanol–water partition coefficient (Wildman–Crippen LogP) is 2.07. The van der Waals surface area contributed by atoms with Crippen LogP contribution in [0.4, 0.5) is 4.39 Å². The molecule has 0 saturated heterocycles. The summed E-state index contributed by atoms with van der Waals surface area (Å²) in [6, 6.07) is 7.77. The van der Waals surface area contributed by atoms with E-state index in [0.717, 1.165) is 11.3 Å². The second-order valence-corrected chi connectivity index (χ2v) is 5.65. The lowest BCUT2D eigenvalue weighted by Gasteiger charge is -2.26. The number of pyridine rings is 1. The number of aromatic nitrogens is 3. The molecule has 0 bridgehead atoms. The molecule has 0 saturated carbocycles. The molecule has 0 aliphatic carbocycles. The number of imidazole rings is 1. The van der Waals surface area contributed by atoms with E-state index in [1.165, 1.54) is 12.1 Å². The first-order valence-electron chi connectivity index (χ1n) is 7.65. The number of hydrogen-bond acceptors (Lipinski definition) is 4. The summed E-state index contributed by atoms with van der Waals surface area (Å²) in [5.74, 6) is 0.256. The Hall–Kier alpha value is -2.80. The largest absolute Gasteiger partial charge is 0.371 e. The van der Waals surface area contributed by atoms with Crippen molar-refractivity contribution >= 4 is 16.9 Å². The average molecular weight is 326 g/mol. The van der Waals surface area contributed by atoms with Crippen molar-refractivity contribution in [2.45, 2.75) is 12.6 Å². The van der Waals surface area contributed by atoms with Crippen LogP contribution in [0, 0.1) is 5.82 Å². The smallest absolute Gasteiger partial charge is 0.251 e. The van der Waals surface area contributed by atoms with Gasteiger partial charge in [-0.05, 0) is 24.3 Å². The topological polar surface area (TPSA) is 69.0 Å². The molecule has 24 heavy (non-hydrogen) atoms. The molecule has 3 heterocycles. The molecular weight excluding hydrogens is 311 g/mol. The monoisotopic (exact) mass is 326 g/mol. The lowest BCUT2D eigenvalue weighted by molar-refractivity contribution is 0.0553. The quantitative estimate of drug-likeness (QED) is 0.800. The highest BCUT2D eigenvalue weighted by Crippen LogP contribution is 2.26. The van der Waals surface area contributed by atoms with Crippen LogP contribution < -0.4 is 5.32 Å². The number of fused-ring (bicyclic) bond motifs is 3. The normalized spacial score (nSPS) is 16.8. The molecule has 1 atom stereocenters. The minimum Gasteiger partial charge on any atom is -0.371 e. The highest BCUT2D eigenvalue weighted by atomic mass is 19.1. The molecule has 3 aromatic rings. The van der Waals surface area contributed by atoms with Gasteiger partial charge in [-0.2, -0.15) is 0 Å². The van der Waals surface area contributed by atoms with Crippen LogP contribution in [0.1, 0.15) is 22.2 Å². The number of nitrogens with zero attached hydrogens (tertiary/aromatic N) is 3. The summed E-state index contributed by atoms with van der Waals surface area (Å²) in [6.07, 6.45) is 3.16. The molecule has 0 fully saturated rings. The minimum absolute atomic E-state index is 0.0880. The number of carbonyl (C=O) groups excluding carboxylic acids is 1. The number of amides is 1. The summed E-state index contributed by atoms with van der Waals surface area (Å²) in [7, 11) is 0. The minimum atomic E-state index is -0.318.